The van der Waals surface area contributed by atoms with Crippen LogP contribution >= 0.6 is 0 Å². The quantitative estimate of drug-likeness (QED) is 0.538. The van der Waals surface area contributed by atoms with Crippen molar-refractivity contribution in [2.24, 2.45) is 0 Å². The Bertz CT molecular complexity index is 1100. The van der Waals surface area contributed by atoms with Crippen molar-refractivity contribution in [2.75, 3.05) is 25.6 Å². The standard InChI is InChI=1S/C27H28N2O5/c1-33-23-13-7-19(8-14-23)15-25(31)28-22-11-9-21(10-12-22)27-24(17-30)29(26(32)18-34-27)16-20-5-3-2-4-6-20/h2-14,24,27,30H,15-18H2,1H3,(H,28,31)/t24-,27-/m1/s1. The molecule has 0 spiro atoms. The number of morpholine rings is 1. The van der Waals surface area contributed by atoms with Gasteiger partial charge in [0.05, 0.1) is 26.2 Å². The lowest BCUT2D eigenvalue weighted by atomic mass is 9.98. The zero-order valence-electron chi connectivity index (χ0n) is 19.0. The van der Waals surface area contributed by atoms with Crippen LogP contribution in [-0.2, 0) is 27.3 Å². The first-order valence-corrected chi connectivity index (χ1v) is 11.2. The number of rotatable bonds is 8. The fraction of sp³-hybridized carbons (Fsp3) is 0.259. The highest BCUT2D eigenvalue weighted by Gasteiger charge is 2.37. The van der Waals surface area contributed by atoms with Crippen LogP contribution in [0.5, 0.6) is 5.75 Å². The number of hydrogen-bond acceptors (Lipinski definition) is 5. The number of nitrogens with one attached hydrogen (secondary N) is 1. The van der Waals surface area contributed by atoms with Crippen LogP contribution in [0.2, 0.25) is 0 Å². The van der Waals surface area contributed by atoms with E-state index >= 15 is 0 Å². The van der Waals surface area contributed by atoms with Crippen LogP contribution in [0, 0.1) is 0 Å². The van der Waals surface area contributed by atoms with Crippen LogP contribution in [0.3, 0.4) is 0 Å². The van der Waals surface area contributed by atoms with Gasteiger partial charge in [0.2, 0.25) is 11.8 Å². The van der Waals surface area contributed by atoms with Crippen molar-refractivity contribution in [1.82, 2.24) is 4.90 Å². The molecule has 34 heavy (non-hydrogen) atoms. The van der Waals surface area contributed by atoms with Gasteiger partial charge < -0.3 is 24.8 Å². The first-order valence-electron chi connectivity index (χ1n) is 11.2. The summed E-state index contributed by atoms with van der Waals surface area (Å²) < 4.78 is 11.0. The normalized spacial score (nSPS) is 17.9. The molecular weight excluding hydrogens is 432 g/mol. The smallest absolute Gasteiger partial charge is 0.249 e. The van der Waals surface area contributed by atoms with Crippen molar-refractivity contribution >= 4 is 17.5 Å². The molecule has 0 radical (unpaired) electrons. The number of aliphatic hydroxyl groups is 1. The largest absolute Gasteiger partial charge is 0.497 e. The molecule has 0 saturated carbocycles. The van der Waals surface area contributed by atoms with E-state index < -0.39 is 12.1 Å². The number of carbonyl (C=O) groups excluding carboxylic acids is 2. The lowest BCUT2D eigenvalue weighted by molar-refractivity contribution is -0.162. The Balaban J connectivity index is 1.41. The van der Waals surface area contributed by atoms with E-state index in [9.17, 15) is 14.7 Å². The van der Waals surface area contributed by atoms with E-state index in [0.29, 0.717) is 12.2 Å². The highest BCUT2D eigenvalue weighted by atomic mass is 16.5. The van der Waals surface area contributed by atoms with Gasteiger partial charge in [-0.3, -0.25) is 9.59 Å². The van der Waals surface area contributed by atoms with Crippen LogP contribution in [0.4, 0.5) is 5.69 Å². The van der Waals surface area contributed by atoms with Crippen LogP contribution in [0.1, 0.15) is 22.8 Å². The van der Waals surface area contributed by atoms with Gasteiger partial charge in [-0.2, -0.15) is 0 Å². The zero-order valence-corrected chi connectivity index (χ0v) is 19.0. The molecule has 0 unspecified atom stereocenters. The van der Waals surface area contributed by atoms with Gasteiger partial charge in [-0.15, -0.1) is 0 Å². The van der Waals surface area contributed by atoms with Gasteiger partial charge in [-0.1, -0.05) is 54.6 Å². The zero-order chi connectivity index (χ0) is 23.9. The molecule has 7 nitrogen and oxygen atoms in total. The second kappa shape index (κ2) is 11.0. The van der Waals surface area contributed by atoms with Gasteiger partial charge in [0.1, 0.15) is 18.5 Å². The van der Waals surface area contributed by atoms with E-state index in [4.69, 9.17) is 9.47 Å². The molecule has 0 bridgehead atoms. The van der Waals surface area contributed by atoms with Gasteiger partial charge in [0.15, 0.2) is 0 Å². The summed E-state index contributed by atoms with van der Waals surface area (Å²) in [5.74, 6) is 0.469. The lowest BCUT2D eigenvalue weighted by Gasteiger charge is -2.40. The molecule has 2 N–H and O–H groups in total. The minimum Gasteiger partial charge on any atom is -0.497 e. The minimum absolute atomic E-state index is 0.0473. The molecule has 1 aliphatic heterocycles. The molecule has 2 amide bonds. The van der Waals surface area contributed by atoms with E-state index in [1.165, 1.54) is 0 Å². The van der Waals surface area contributed by atoms with Gasteiger partial charge in [0.25, 0.3) is 0 Å². The van der Waals surface area contributed by atoms with Crippen LogP contribution in [0.25, 0.3) is 0 Å². The molecule has 0 aliphatic carbocycles. The summed E-state index contributed by atoms with van der Waals surface area (Å²) in [4.78, 5) is 26.6. The molecule has 7 heteroatoms. The summed E-state index contributed by atoms with van der Waals surface area (Å²) in [6.45, 7) is 0.141. The van der Waals surface area contributed by atoms with Crippen LogP contribution < -0.4 is 10.1 Å². The summed E-state index contributed by atoms with van der Waals surface area (Å²) in [6, 6.07) is 23.9. The van der Waals surface area contributed by atoms with Crippen LogP contribution in [0.15, 0.2) is 78.9 Å². The van der Waals surface area contributed by atoms with Crippen molar-refractivity contribution in [3.05, 3.63) is 95.6 Å². The Hall–Kier alpha value is -3.68. The molecule has 176 valence electrons. The number of benzene rings is 3. The number of aliphatic hydroxyl groups excluding tert-OH is 1. The SMILES string of the molecule is COc1ccc(CC(=O)Nc2ccc([C@H]3OCC(=O)N(Cc4ccccc4)[C@@H]3CO)cc2)cc1. The van der Waals surface area contributed by atoms with Crippen molar-refractivity contribution in [3.8, 4) is 5.75 Å². The number of carbonyl (C=O) groups is 2. The van der Waals surface area contributed by atoms with Gasteiger partial charge in [-0.25, -0.2) is 0 Å². The second-order valence-electron chi connectivity index (χ2n) is 8.18. The summed E-state index contributed by atoms with van der Waals surface area (Å²) in [5, 5.41) is 13.0. The van der Waals surface area contributed by atoms with E-state index in [1.54, 1.807) is 24.1 Å². The maximum Gasteiger partial charge on any atom is 0.249 e. The number of ether oxygens (including phenoxy) is 2. The molecule has 4 rings (SSSR count). The first-order chi connectivity index (χ1) is 16.6. The Kier molecular flexibility index (Phi) is 7.57. The molecule has 1 saturated heterocycles. The van der Waals surface area contributed by atoms with Crippen molar-refractivity contribution in [2.45, 2.75) is 25.1 Å². The second-order valence-corrected chi connectivity index (χ2v) is 8.18. The highest BCUT2D eigenvalue weighted by molar-refractivity contribution is 5.92. The monoisotopic (exact) mass is 460 g/mol. The third-order valence-corrected chi connectivity index (χ3v) is 5.89. The van der Waals surface area contributed by atoms with Crippen LogP contribution in [-0.4, -0.2) is 48.2 Å². The number of nitrogens with zero attached hydrogens (tertiary/aromatic N) is 1. The maximum absolute atomic E-state index is 12.5. The summed E-state index contributed by atoms with van der Waals surface area (Å²) >= 11 is 0. The Morgan fingerprint density at radius 2 is 1.74 bits per heavy atom. The number of amides is 2. The predicted molar refractivity (Wildman–Crippen MR) is 128 cm³/mol. The Labute approximate surface area is 198 Å². The summed E-state index contributed by atoms with van der Waals surface area (Å²) in [6.07, 6.45) is -0.212. The molecule has 3 aromatic rings. The van der Waals surface area contributed by atoms with E-state index in [-0.39, 0.29) is 31.4 Å². The fourth-order valence-corrected chi connectivity index (χ4v) is 4.09. The molecule has 3 aromatic carbocycles. The molecule has 0 aromatic heterocycles. The highest BCUT2D eigenvalue weighted by Crippen LogP contribution is 2.31. The molecule has 1 fully saturated rings. The van der Waals surface area contributed by atoms with E-state index in [0.717, 1.165) is 22.4 Å². The van der Waals surface area contributed by atoms with Crippen molar-refractivity contribution in [1.29, 1.82) is 0 Å². The Morgan fingerprint density at radius 1 is 1.03 bits per heavy atom. The average molecular weight is 461 g/mol. The van der Waals surface area contributed by atoms with Gasteiger partial charge in [0, 0.05) is 12.2 Å². The summed E-state index contributed by atoms with van der Waals surface area (Å²) in [5.41, 5.74) is 3.37. The number of hydrogen-bond donors (Lipinski definition) is 2. The number of anilines is 1. The lowest BCUT2D eigenvalue weighted by Crippen LogP contribution is -2.52. The minimum atomic E-state index is -0.503. The fourth-order valence-electron chi connectivity index (χ4n) is 4.09. The molecule has 2 atom stereocenters. The Morgan fingerprint density at radius 3 is 2.38 bits per heavy atom. The van der Waals surface area contributed by atoms with E-state index in [2.05, 4.69) is 5.32 Å². The molecule has 1 heterocycles. The van der Waals surface area contributed by atoms with Crippen molar-refractivity contribution in [3.63, 3.8) is 0 Å². The summed E-state index contributed by atoms with van der Waals surface area (Å²) in [7, 11) is 1.60. The first kappa shape index (κ1) is 23.5. The number of methoxy groups -OCH3 is 1. The van der Waals surface area contributed by atoms with E-state index in [1.807, 2.05) is 66.7 Å². The predicted octanol–water partition coefficient (Wildman–Crippen LogP) is 3.34. The molecule has 1 aliphatic rings. The molecular formula is C27H28N2O5. The average Bonchev–Trinajstić information content (AvgIpc) is 2.87. The third kappa shape index (κ3) is 5.62. The topological polar surface area (TPSA) is 88.1 Å². The maximum atomic E-state index is 12.5. The van der Waals surface area contributed by atoms with Crippen molar-refractivity contribution < 1.29 is 24.2 Å². The van der Waals surface area contributed by atoms with Gasteiger partial charge >= 0.3 is 0 Å². The van der Waals surface area contributed by atoms with Gasteiger partial charge in [-0.05, 0) is 41.0 Å². The third-order valence-electron chi connectivity index (χ3n) is 5.89.